The topological polar surface area (TPSA) is 154 Å². The molecule has 1 aliphatic rings. The van der Waals surface area contributed by atoms with Crippen molar-refractivity contribution in [1.29, 1.82) is 0 Å². The highest BCUT2D eigenvalue weighted by Gasteiger charge is 2.45. The molecule has 0 bridgehead atoms. The molecular weight excluding hydrogens is 294 g/mol. The summed E-state index contributed by atoms with van der Waals surface area (Å²) in [6.45, 7) is 2.57. The minimum absolute atomic E-state index is 0.459. The average molecular weight is 319 g/mol. The molecule has 1 fully saturated rings. The lowest BCUT2D eigenvalue weighted by molar-refractivity contribution is -0.203. The molecule has 1 saturated heterocycles. The van der Waals surface area contributed by atoms with E-state index in [1.807, 2.05) is 6.92 Å². The van der Waals surface area contributed by atoms with Gasteiger partial charge in [0.25, 0.3) is 0 Å². The van der Waals surface area contributed by atoms with E-state index in [0.717, 1.165) is 6.42 Å². The number of nitrogens with one attached hydrogen (secondary N) is 2. The quantitative estimate of drug-likeness (QED) is 0.308. The number of rotatable bonds is 6. The molecule has 9 nitrogen and oxygen atoms in total. The molecule has 6 unspecified atom stereocenters. The molecule has 0 spiro atoms. The normalized spacial score (nSPS) is 33.1. The molecule has 0 aromatic heterocycles. The lowest BCUT2D eigenvalue weighted by atomic mass is 9.95. The van der Waals surface area contributed by atoms with E-state index in [-0.39, 0.29) is 0 Å². The van der Waals surface area contributed by atoms with Gasteiger partial charge in [0.15, 0.2) is 6.23 Å². The molecule has 0 radical (unpaired) electrons. The van der Waals surface area contributed by atoms with E-state index >= 15 is 0 Å². The molecule has 0 aromatic carbocycles. The van der Waals surface area contributed by atoms with Gasteiger partial charge < -0.3 is 36.4 Å². The van der Waals surface area contributed by atoms with Crippen molar-refractivity contribution in [3.8, 4) is 0 Å². The molecule has 7 N–H and O–H groups in total. The molecule has 0 aliphatic carbocycles. The van der Waals surface area contributed by atoms with Crippen molar-refractivity contribution in [2.24, 2.45) is 5.73 Å². The third kappa shape index (κ3) is 4.62. The van der Waals surface area contributed by atoms with Crippen LogP contribution in [0.5, 0.6) is 0 Å². The molecule has 1 aliphatic heterocycles. The first kappa shape index (κ1) is 18.8. The maximum absolute atomic E-state index is 12.0. The summed E-state index contributed by atoms with van der Waals surface area (Å²) in [5.74, 6) is -0.957. The summed E-state index contributed by atoms with van der Waals surface area (Å²) in [6.07, 6.45) is -3.78. The Bertz CT molecular complexity index is 394. The number of aliphatic hydroxyl groups excluding tert-OH is 3. The minimum atomic E-state index is -1.40. The van der Waals surface area contributed by atoms with Crippen molar-refractivity contribution in [3.05, 3.63) is 0 Å². The molecule has 2 amide bonds. The van der Waals surface area contributed by atoms with Gasteiger partial charge in [-0.25, -0.2) is 0 Å². The van der Waals surface area contributed by atoms with Crippen molar-refractivity contribution < 1.29 is 29.6 Å². The molecule has 0 aromatic rings. The predicted octanol–water partition coefficient (Wildman–Crippen LogP) is -2.83. The molecular formula is C13H25N3O6. The van der Waals surface area contributed by atoms with Crippen molar-refractivity contribution >= 4 is 11.8 Å². The van der Waals surface area contributed by atoms with Crippen LogP contribution < -0.4 is 16.4 Å². The van der Waals surface area contributed by atoms with Gasteiger partial charge >= 0.3 is 0 Å². The number of hydrogen-bond donors (Lipinski definition) is 6. The summed E-state index contributed by atoms with van der Waals surface area (Å²) in [4.78, 5) is 23.2. The van der Waals surface area contributed by atoms with Crippen molar-refractivity contribution in [2.45, 2.75) is 63.3 Å². The smallest absolute Gasteiger partial charge is 0.238 e. The monoisotopic (exact) mass is 319 g/mol. The maximum Gasteiger partial charge on any atom is 0.238 e. The molecule has 6 atom stereocenters. The Balaban J connectivity index is 2.85. The Kier molecular flexibility index (Phi) is 7.17. The van der Waals surface area contributed by atoms with E-state index < -0.39 is 55.0 Å². The SMILES string of the molecule is CCCC(N)C(=O)NC1OC(CO)C(O)C(O)C1NC(C)=O. The van der Waals surface area contributed by atoms with E-state index in [9.17, 15) is 24.9 Å². The summed E-state index contributed by atoms with van der Waals surface area (Å²) in [5.41, 5.74) is 5.70. The second-order valence-electron chi connectivity index (χ2n) is 5.39. The van der Waals surface area contributed by atoms with Crippen LogP contribution in [-0.2, 0) is 14.3 Å². The summed E-state index contributed by atoms with van der Waals surface area (Å²) in [7, 11) is 0. The van der Waals surface area contributed by atoms with Crippen LogP contribution in [0.4, 0.5) is 0 Å². The summed E-state index contributed by atoms with van der Waals surface area (Å²) in [6, 6.07) is -1.80. The van der Waals surface area contributed by atoms with Crippen molar-refractivity contribution in [2.75, 3.05) is 6.61 Å². The second-order valence-corrected chi connectivity index (χ2v) is 5.39. The third-order valence-corrected chi connectivity index (χ3v) is 3.52. The first-order valence-corrected chi connectivity index (χ1v) is 7.27. The lowest BCUT2D eigenvalue weighted by Gasteiger charge is -2.42. The molecule has 1 rings (SSSR count). The number of ether oxygens (including phenoxy) is 1. The average Bonchev–Trinajstić information content (AvgIpc) is 2.46. The van der Waals surface area contributed by atoms with E-state index in [1.54, 1.807) is 0 Å². The van der Waals surface area contributed by atoms with Gasteiger partial charge in [-0.05, 0) is 6.42 Å². The third-order valence-electron chi connectivity index (χ3n) is 3.52. The van der Waals surface area contributed by atoms with E-state index in [0.29, 0.717) is 6.42 Å². The Morgan fingerprint density at radius 1 is 1.27 bits per heavy atom. The summed E-state index contributed by atoms with van der Waals surface area (Å²) < 4.78 is 5.37. The van der Waals surface area contributed by atoms with Crippen LogP contribution in [-0.4, -0.2) is 70.4 Å². The Morgan fingerprint density at radius 3 is 2.41 bits per heavy atom. The number of amides is 2. The lowest BCUT2D eigenvalue weighted by Crippen LogP contribution is -2.68. The summed E-state index contributed by atoms with van der Waals surface area (Å²) in [5, 5.41) is 34.0. The zero-order valence-corrected chi connectivity index (χ0v) is 12.7. The number of carbonyl (C=O) groups is 2. The van der Waals surface area contributed by atoms with E-state index in [2.05, 4.69) is 10.6 Å². The van der Waals surface area contributed by atoms with Gasteiger partial charge in [0, 0.05) is 6.92 Å². The number of aliphatic hydroxyl groups is 3. The molecule has 128 valence electrons. The van der Waals surface area contributed by atoms with Crippen molar-refractivity contribution in [1.82, 2.24) is 10.6 Å². The van der Waals surface area contributed by atoms with Crippen LogP contribution in [0.2, 0.25) is 0 Å². The number of carbonyl (C=O) groups excluding carboxylic acids is 2. The zero-order valence-electron chi connectivity index (χ0n) is 12.7. The largest absolute Gasteiger partial charge is 0.394 e. The van der Waals surface area contributed by atoms with Crippen molar-refractivity contribution in [3.63, 3.8) is 0 Å². The first-order valence-electron chi connectivity index (χ1n) is 7.27. The first-order chi connectivity index (χ1) is 10.3. The van der Waals surface area contributed by atoms with Crippen LogP contribution >= 0.6 is 0 Å². The van der Waals surface area contributed by atoms with Crippen LogP contribution in [0.3, 0.4) is 0 Å². The second kappa shape index (κ2) is 8.39. The standard InChI is InChI=1S/C13H25N3O6/c1-3-4-7(14)12(21)16-13-9(15-6(2)18)11(20)10(19)8(5-17)22-13/h7-11,13,17,19-20H,3-5,14H2,1-2H3,(H,15,18)(H,16,21). The fourth-order valence-electron chi connectivity index (χ4n) is 2.32. The highest BCUT2D eigenvalue weighted by molar-refractivity contribution is 5.81. The van der Waals surface area contributed by atoms with Gasteiger partial charge in [-0.15, -0.1) is 0 Å². The van der Waals surface area contributed by atoms with E-state index in [4.69, 9.17) is 10.5 Å². The Morgan fingerprint density at radius 2 is 1.91 bits per heavy atom. The zero-order chi connectivity index (χ0) is 16.9. The van der Waals surface area contributed by atoms with Gasteiger partial charge in [-0.3, -0.25) is 9.59 Å². The molecule has 1 heterocycles. The highest BCUT2D eigenvalue weighted by Crippen LogP contribution is 2.20. The highest BCUT2D eigenvalue weighted by atomic mass is 16.5. The Hall–Kier alpha value is -1.26. The van der Waals surface area contributed by atoms with Gasteiger partial charge in [-0.2, -0.15) is 0 Å². The van der Waals surface area contributed by atoms with Crippen LogP contribution in [0.1, 0.15) is 26.7 Å². The van der Waals surface area contributed by atoms with Gasteiger partial charge in [-0.1, -0.05) is 13.3 Å². The summed E-state index contributed by atoms with van der Waals surface area (Å²) >= 11 is 0. The van der Waals surface area contributed by atoms with Crippen LogP contribution in [0, 0.1) is 0 Å². The van der Waals surface area contributed by atoms with Crippen LogP contribution in [0.25, 0.3) is 0 Å². The maximum atomic E-state index is 12.0. The fourth-order valence-corrected chi connectivity index (χ4v) is 2.32. The minimum Gasteiger partial charge on any atom is -0.394 e. The van der Waals surface area contributed by atoms with Crippen LogP contribution in [0.15, 0.2) is 0 Å². The predicted molar refractivity (Wildman–Crippen MR) is 76.4 cm³/mol. The fraction of sp³-hybridized carbons (Fsp3) is 0.846. The molecule has 0 saturated carbocycles. The molecule has 22 heavy (non-hydrogen) atoms. The molecule has 9 heteroatoms. The number of nitrogens with two attached hydrogens (primary N) is 1. The number of hydrogen-bond acceptors (Lipinski definition) is 7. The van der Waals surface area contributed by atoms with Gasteiger partial charge in [0.1, 0.15) is 24.4 Å². The van der Waals surface area contributed by atoms with Gasteiger partial charge in [0.2, 0.25) is 11.8 Å². The van der Waals surface area contributed by atoms with Gasteiger partial charge in [0.05, 0.1) is 12.6 Å². The Labute approximate surface area is 128 Å². The van der Waals surface area contributed by atoms with E-state index in [1.165, 1.54) is 6.92 Å².